The average molecular weight is 261 g/mol. The Morgan fingerprint density at radius 1 is 1.46 bits per heavy atom. The van der Waals surface area contributed by atoms with Crippen LogP contribution in [0.2, 0.25) is 0 Å². The maximum atomic E-state index is 4.22. The number of hydrogen-bond donors (Lipinski definition) is 0. The average Bonchev–Trinajstić information content (AvgIpc) is 2.56. The SMILES string of the molecule is CC1(C)CCCC1c1nnc(Br)s1. The molecule has 0 amide bonds. The fraction of sp³-hybridized carbons (Fsp3) is 0.778. The van der Waals surface area contributed by atoms with Crippen molar-refractivity contribution >= 4 is 27.3 Å². The van der Waals surface area contributed by atoms with Gasteiger partial charge in [-0.2, -0.15) is 0 Å². The molecule has 1 aromatic heterocycles. The van der Waals surface area contributed by atoms with Crippen molar-refractivity contribution in [2.75, 3.05) is 0 Å². The van der Waals surface area contributed by atoms with Gasteiger partial charge >= 0.3 is 0 Å². The molecule has 1 aromatic rings. The highest BCUT2D eigenvalue weighted by Gasteiger charge is 2.37. The quantitative estimate of drug-likeness (QED) is 0.772. The number of aromatic nitrogens is 2. The predicted molar refractivity (Wildman–Crippen MR) is 58.0 cm³/mol. The molecule has 0 saturated heterocycles. The molecular formula is C9H13BrN2S. The van der Waals surface area contributed by atoms with Crippen molar-refractivity contribution in [2.24, 2.45) is 5.41 Å². The van der Waals surface area contributed by atoms with Gasteiger partial charge in [0.2, 0.25) is 0 Å². The summed E-state index contributed by atoms with van der Waals surface area (Å²) in [7, 11) is 0. The second-order valence-electron chi connectivity index (χ2n) is 4.33. The monoisotopic (exact) mass is 260 g/mol. The summed E-state index contributed by atoms with van der Waals surface area (Å²) in [6, 6.07) is 0. The summed E-state index contributed by atoms with van der Waals surface area (Å²) in [5.74, 6) is 0.622. The second kappa shape index (κ2) is 3.31. The van der Waals surface area contributed by atoms with Gasteiger partial charge in [0, 0.05) is 5.92 Å². The highest BCUT2D eigenvalue weighted by Crippen LogP contribution is 2.49. The number of nitrogens with zero attached hydrogens (tertiary/aromatic N) is 2. The molecule has 1 aliphatic rings. The predicted octanol–water partition coefficient (Wildman–Crippen LogP) is 3.59. The Labute approximate surface area is 90.9 Å². The van der Waals surface area contributed by atoms with Crippen LogP contribution in [-0.2, 0) is 0 Å². The Morgan fingerprint density at radius 2 is 2.23 bits per heavy atom. The molecule has 1 saturated carbocycles. The summed E-state index contributed by atoms with van der Waals surface area (Å²) < 4.78 is 0.908. The van der Waals surface area contributed by atoms with E-state index in [0.717, 1.165) is 3.92 Å². The molecule has 13 heavy (non-hydrogen) atoms. The molecule has 0 aliphatic heterocycles. The zero-order valence-corrected chi connectivity index (χ0v) is 10.3. The van der Waals surface area contributed by atoms with Gasteiger partial charge in [-0.15, -0.1) is 10.2 Å². The molecule has 4 heteroatoms. The van der Waals surface area contributed by atoms with Crippen LogP contribution < -0.4 is 0 Å². The molecule has 0 spiro atoms. The lowest BCUT2D eigenvalue weighted by molar-refractivity contribution is 0.330. The summed E-state index contributed by atoms with van der Waals surface area (Å²) in [6.07, 6.45) is 3.92. The maximum Gasteiger partial charge on any atom is 0.183 e. The third-order valence-corrected chi connectivity index (χ3v) is 4.44. The topological polar surface area (TPSA) is 25.8 Å². The normalized spacial score (nSPS) is 26.5. The Hall–Kier alpha value is 0.0400. The van der Waals surface area contributed by atoms with Crippen LogP contribution in [0.25, 0.3) is 0 Å². The lowest BCUT2D eigenvalue weighted by atomic mass is 9.82. The van der Waals surface area contributed by atoms with Crippen LogP contribution in [0.15, 0.2) is 3.92 Å². The van der Waals surface area contributed by atoms with Gasteiger partial charge in [0.05, 0.1) is 0 Å². The van der Waals surface area contributed by atoms with E-state index < -0.39 is 0 Å². The van der Waals surface area contributed by atoms with Crippen molar-refractivity contribution < 1.29 is 0 Å². The van der Waals surface area contributed by atoms with Gasteiger partial charge in [-0.3, -0.25) is 0 Å². The van der Waals surface area contributed by atoms with Crippen molar-refractivity contribution in [3.05, 3.63) is 8.92 Å². The first-order valence-corrected chi connectivity index (χ1v) is 6.19. The van der Waals surface area contributed by atoms with E-state index in [1.54, 1.807) is 11.3 Å². The first kappa shape index (κ1) is 9.59. The molecule has 2 nitrogen and oxygen atoms in total. The summed E-state index contributed by atoms with van der Waals surface area (Å²) in [5.41, 5.74) is 0.416. The first-order valence-electron chi connectivity index (χ1n) is 4.58. The number of hydrogen-bond acceptors (Lipinski definition) is 3. The van der Waals surface area contributed by atoms with Crippen molar-refractivity contribution in [1.82, 2.24) is 10.2 Å². The number of rotatable bonds is 1. The fourth-order valence-corrected chi connectivity index (χ4v) is 3.63. The van der Waals surface area contributed by atoms with E-state index in [1.807, 2.05) is 0 Å². The minimum atomic E-state index is 0.416. The zero-order valence-electron chi connectivity index (χ0n) is 7.88. The van der Waals surface area contributed by atoms with Gasteiger partial charge < -0.3 is 0 Å². The second-order valence-corrected chi connectivity index (χ2v) is 6.61. The fourth-order valence-electron chi connectivity index (χ4n) is 2.14. The van der Waals surface area contributed by atoms with Gasteiger partial charge in [-0.25, -0.2) is 0 Å². The molecule has 1 atom stereocenters. The van der Waals surface area contributed by atoms with Gasteiger partial charge in [0.15, 0.2) is 3.92 Å². The highest BCUT2D eigenvalue weighted by molar-refractivity contribution is 9.11. The minimum absolute atomic E-state index is 0.416. The molecule has 2 rings (SSSR count). The van der Waals surface area contributed by atoms with Crippen molar-refractivity contribution in [3.63, 3.8) is 0 Å². The summed E-state index contributed by atoms with van der Waals surface area (Å²) in [4.78, 5) is 0. The highest BCUT2D eigenvalue weighted by atomic mass is 79.9. The Balaban J connectivity index is 2.26. The Kier molecular flexibility index (Phi) is 2.45. The third kappa shape index (κ3) is 1.79. The third-order valence-electron chi connectivity index (χ3n) is 2.97. The van der Waals surface area contributed by atoms with Crippen LogP contribution in [0.1, 0.15) is 44.0 Å². The molecule has 1 aliphatic carbocycles. The Bertz CT molecular complexity index is 308. The van der Waals surface area contributed by atoms with E-state index in [9.17, 15) is 0 Å². The van der Waals surface area contributed by atoms with Crippen LogP contribution in [0.4, 0.5) is 0 Å². The molecular weight excluding hydrogens is 248 g/mol. The molecule has 72 valence electrons. The molecule has 1 unspecified atom stereocenters. The molecule has 0 radical (unpaired) electrons. The maximum absolute atomic E-state index is 4.22. The van der Waals surface area contributed by atoms with Gasteiger partial charge in [0.1, 0.15) is 5.01 Å². The van der Waals surface area contributed by atoms with E-state index in [1.165, 1.54) is 24.3 Å². The lowest BCUT2D eigenvalue weighted by Gasteiger charge is -2.24. The van der Waals surface area contributed by atoms with Crippen LogP contribution in [0.5, 0.6) is 0 Å². The van der Waals surface area contributed by atoms with Crippen LogP contribution in [0, 0.1) is 5.41 Å². The summed E-state index contributed by atoms with van der Waals surface area (Å²) in [6.45, 7) is 4.67. The van der Waals surface area contributed by atoms with Crippen LogP contribution >= 0.6 is 27.3 Å². The van der Waals surface area contributed by atoms with Crippen LogP contribution in [0.3, 0.4) is 0 Å². The van der Waals surface area contributed by atoms with Crippen molar-refractivity contribution in [2.45, 2.75) is 39.0 Å². The lowest BCUT2D eigenvalue weighted by Crippen LogP contribution is -2.15. The largest absolute Gasteiger partial charge is 0.183 e. The molecule has 0 N–H and O–H groups in total. The minimum Gasteiger partial charge on any atom is -0.142 e. The summed E-state index contributed by atoms with van der Waals surface area (Å²) in [5, 5.41) is 9.43. The standard InChI is InChI=1S/C9H13BrN2S/c1-9(2)5-3-4-6(9)7-11-12-8(10)13-7/h6H,3-5H2,1-2H3. The van der Waals surface area contributed by atoms with E-state index in [0.29, 0.717) is 11.3 Å². The summed E-state index contributed by atoms with van der Waals surface area (Å²) >= 11 is 5.04. The zero-order chi connectivity index (χ0) is 9.47. The van der Waals surface area contributed by atoms with E-state index >= 15 is 0 Å². The van der Waals surface area contributed by atoms with E-state index in [-0.39, 0.29) is 0 Å². The van der Waals surface area contributed by atoms with Gasteiger partial charge in [0.25, 0.3) is 0 Å². The van der Waals surface area contributed by atoms with Crippen LogP contribution in [-0.4, -0.2) is 10.2 Å². The van der Waals surface area contributed by atoms with E-state index in [2.05, 4.69) is 40.0 Å². The molecule has 0 aromatic carbocycles. The van der Waals surface area contributed by atoms with Gasteiger partial charge in [-0.05, 0) is 34.2 Å². The van der Waals surface area contributed by atoms with E-state index in [4.69, 9.17) is 0 Å². The smallest absolute Gasteiger partial charge is 0.142 e. The van der Waals surface area contributed by atoms with Crippen molar-refractivity contribution in [3.8, 4) is 0 Å². The van der Waals surface area contributed by atoms with Gasteiger partial charge in [-0.1, -0.05) is 31.6 Å². The molecule has 1 fully saturated rings. The first-order chi connectivity index (χ1) is 6.09. The Morgan fingerprint density at radius 3 is 2.69 bits per heavy atom. The number of halogens is 1. The molecule has 0 bridgehead atoms. The van der Waals surface area contributed by atoms with Crippen molar-refractivity contribution in [1.29, 1.82) is 0 Å². The molecule has 1 heterocycles.